The zero-order valence-electron chi connectivity index (χ0n) is 7.28. The van der Waals surface area contributed by atoms with Crippen LogP contribution in [0.5, 0.6) is 0 Å². The summed E-state index contributed by atoms with van der Waals surface area (Å²) in [5, 5.41) is 1.90. The van der Waals surface area contributed by atoms with Crippen LogP contribution < -0.4 is 0 Å². The van der Waals surface area contributed by atoms with Crippen LogP contribution in [0.4, 0.5) is 0 Å². The van der Waals surface area contributed by atoms with Crippen molar-refractivity contribution in [1.82, 2.24) is 9.88 Å². The lowest BCUT2D eigenvalue weighted by Gasteiger charge is -2.12. The number of amides is 1. The number of nitrogens with zero attached hydrogens (tertiary/aromatic N) is 2. The number of thiazole rings is 1. The van der Waals surface area contributed by atoms with E-state index in [0.717, 1.165) is 12.2 Å². The van der Waals surface area contributed by atoms with Gasteiger partial charge in [-0.25, -0.2) is 4.98 Å². The lowest BCUT2D eigenvalue weighted by molar-refractivity contribution is -0.129. The first-order chi connectivity index (χ1) is 5.74. The summed E-state index contributed by atoms with van der Waals surface area (Å²) in [5.74, 6) is 0.128. The smallest absolute Gasteiger partial charge is 0.228 e. The molecule has 1 aromatic heterocycles. The van der Waals surface area contributed by atoms with Gasteiger partial charge < -0.3 is 4.90 Å². The largest absolute Gasteiger partial charge is 0.346 e. The molecule has 1 rings (SSSR count). The minimum Gasteiger partial charge on any atom is -0.346 e. The predicted molar refractivity (Wildman–Crippen MR) is 49.1 cm³/mol. The molecule has 0 fully saturated rings. The number of hydrogen-bond donors (Lipinski definition) is 0. The molecule has 0 atom stereocenters. The summed E-state index contributed by atoms with van der Waals surface area (Å²) in [4.78, 5) is 17.1. The Morgan fingerprint density at radius 2 is 2.50 bits per heavy atom. The van der Waals surface area contributed by atoms with Crippen molar-refractivity contribution in [1.29, 1.82) is 0 Å². The van der Waals surface area contributed by atoms with Crippen molar-refractivity contribution < 1.29 is 4.79 Å². The van der Waals surface area contributed by atoms with Crippen LogP contribution in [0.15, 0.2) is 10.9 Å². The monoisotopic (exact) mass is 184 g/mol. The summed E-state index contributed by atoms with van der Waals surface area (Å²) in [6, 6.07) is 0. The van der Waals surface area contributed by atoms with Crippen LogP contribution in [0, 0.1) is 0 Å². The molecule has 1 heterocycles. The molecular formula is C8H12N2OS. The maximum atomic E-state index is 11.3. The van der Waals surface area contributed by atoms with Gasteiger partial charge >= 0.3 is 0 Å². The van der Waals surface area contributed by atoms with Gasteiger partial charge in [-0.05, 0) is 6.92 Å². The number of rotatable bonds is 3. The molecule has 3 nitrogen and oxygen atoms in total. The summed E-state index contributed by atoms with van der Waals surface area (Å²) in [6.07, 6.45) is 0.424. The molecule has 0 aliphatic carbocycles. The third-order valence-corrected chi connectivity index (χ3v) is 2.35. The Morgan fingerprint density at radius 1 is 1.75 bits per heavy atom. The first-order valence-electron chi connectivity index (χ1n) is 3.85. The van der Waals surface area contributed by atoms with E-state index in [9.17, 15) is 4.79 Å². The summed E-state index contributed by atoms with van der Waals surface area (Å²) >= 11 is 1.52. The van der Waals surface area contributed by atoms with Crippen molar-refractivity contribution >= 4 is 17.2 Å². The molecule has 4 heteroatoms. The fourth-order valence-electron chi connectivity index (χ4n) is 0.791. The van der Waals surface area contributed by atoms with Crippen LogP contribution in [0.2, 0.25) is 0 Å². The molecule has 0 spiro atoms. The Bertz CT molecular complexity index is 246. The third-order valence-electron chi connectivity index (χ3n) is 1.72. The van der Waals surface area contributed by atoms with Crippen LogP contribution in [0.3, 0.4) is 0 Å². The number of aromatic nitrogens is 1. The van der Waals surface area contributed by atoms with Gasteiger partial charge in [0.25, 0.3) is 0 Å². The third kappa shape index (κ3) is 2.30. The van der Waals surface area contributed by atoms with E-state index in [1.54, 1.807) is 17.5 Å². The molecule has 0 N–H and O–H groups in total. The van der Waals surface area contributed by atoms with Gasteiger partial charge in [0, 0.05) is 19.0 Å². The molecule has 66 valence electrons. The van der Waals surface area contributed by atoms with Gasteiger partial charge in [-0.1, -0.05) is 0 Å². The zero-order valence-corrected chi connectivity index (χ0v) is 8.10. The van der Waals surface area contributed by atoms with Crippen LogP contribution in [-0.4, -0.2) is 29.4 Å². The van der Waals surface area contributed by atoms with E-state index in [4.69, 9.17) is 0 Å². The van der Waals surface area contributed by atoms with Gasteiger partial charge in [-0.15, -0.1) is 11.3 Å². The zero-order chi connectivity index (χ0) is 8.97. The standard InChI is InChI=1S/C8H12N2OS/c1-3-10(2)8(11)4-7-5-12-6-9-7/h5-6H,3-4H2,1-2H3. The maximum absolute atomic E-state index is 11.3. The lowest BCUT2D eigenvalue weighted by Crippen LogP contribution is -2.27. The van der Waals surface area contributed by atoms with E-state index in [1.165, 1.54) is 11.3 Å². The Kier molecular flexibility index (Phi) is 3.22. The van der Waals surface area contributed by atoms with Crippen molar-refractivity contribution in [2.24, 2.45) is 0 Å². The van der Waals surface area contributed by atoms with Crippen LogP contribution in [0.25, 0.3) is 0 Å². The number of likely N-dealkylation sites (N-methyl/N-ethyl adjacent to an activating group) is 1. The van der Waals surface area contributed by atoms with Crippen molar-refractivity contribution in [2.75, 3.05) is 13.6 Å². The molecule has 0 bridgehead atoms. The van der Waals surface area contributed by atoms with Crippen LogP contribution >= 0.6 is 11.3 Å². The minimum atomic E-state index is 0.128. The molecule has 0 unspecified atom stereocenters. The quantitative estimate of drug-likeness (QED) is 0.706. The second-order valence-electron chi connectivity index (χ2n) is 2.56. The molecule has 0 aliphatic heterocycles. The first-order valence-corrected chi connectivity index (χ1v) is 4.79. The molecule has 0 saturated carbocycles. The Labute approximate surface area is 76.0 Å². The summed E-state index contributed by atoms with van der Waals surface area (Å²) in [7, 11) is 1.80. The average molecular weight is 184 g/mol. The van der Waals surface area contributed by atoms with Crippen molar-refractivity contribution in [3.63, 3.8) is 0 Å². The Morgan fingerprint density at radius 3 is 3.00 bits per heavy atom. The number of carbonyl (C=O) groups excluding carboxylic acids is 1. The van der Waals surface area contributed by atoms with E-state index in [2.05, 4.69) is 4.98 Å². The Balaban J connectivity index is 2.47. The van der Waals surface area contributed by atoms with Gasteiger partial charge in [0.1, 0.15) is 0 Å². The van der Waals surface area contributed by atoms with Gasteiger partial charge in [0.15, 0.2) is 0 Å². The molecule has 0 aliphatic rings. The number of carbonyl (C=O) groups is 1. The van der Waals surface area contributed by atoms with Gasteiger partial charge in [0.2, 0.25) is 5.91 Å². The van der Waals surface area contributed by atoms with Crippen molar-refractivity contribution in [2.45, 2.75) is 13.3 Å². The topological polar surface area (TPSA) is 33.2 Å². The molecule has 1 amide bonds. The number of hydrogen-bond acceptors (Lipinski definition) is 3. The second kappa shape index (κ2) is 4.21. The molecule has 0 radical (unpaired) electrons. The molecular weight excluding hydrogens is 172 g/mol. The highest BCUT2D eigenvalue weighted by molar-refractivity contribution is 7.07. The highest BCUT2D eigenvalue weighted by Gasteiger charge is 2.08. The fraction of sp³-hybridized carbons (Fsp3) is 0.500. The van der Waals surface area contributed by atoms with Gasteiger partial charge in [-0.2, -0.15) is 0 Å². The molecule has 0 saturated heterocycles. The highest BCUT2D eigenvalue weighted by Crippen LogP contribution is 2.02. The van der Waals surface area contributed by atoms with Crippen LogP contribution in [-0.2, 0) is 11.2 Å². The van der Waals surface area contributed by atoms with Crippen molar-refractivity contribution in [3.8, 4) is 0 Å². The maximum Gasteiger partial charge on any atom is 0.228 e. The normalized spacial score (nSPS) is 9.83. The molecule has 0 aromatic carbocycles. The first kappa shape index (κ1) is 9.19. The SMILES string of the molecule is CCN(C)C(=O)Cc1cscn1. The minimum absolute atomic E-state index is 0.128. The Hall–Kier alpha value is -0.900. The summed E-state index contributed by atoms with van der Waals surface area (Å²) in [5.41, 5.74) is 2.61. The van der Waals surface area contributed by atoms with E-state index in [0.29, 0.717) is 6.42 Å². The van der Waals surface area contributed by atoms with Crippen LogP contribution in [0.1, 0.15) is 12.6 Å². The van der Waals surface area contributed by atoms with Gasteiger partial charge in [0.05, 0.1) is 17.6 Å². The van der Waals surface area contributed by atoms with E-state index in [-0.39, 0.29) is 5.91 Å². The second-order valence-corrected chi connectivity index (χ2v) is 3.28. The van der Waals surface area contributed by atoms with E-state index >= 15 is 0 Å². The molecule has 1 aromatic rings. The lowest BCUT2D eigenvalue weighted by atomic mass is 10.3. The molecule has 12 heavy (non-hydrogen) atoms. The summed E-state index contributed by atoms with van der Waals surface area (Å²) in [6.45, 7) is 2.71. The fourth-order valence-corrected chi connectivity index (χ4v) is 1.35. The van der Waals surface area contributed by atoms with Gasteiger partial charge in [-0.3, -0.25) is 4.79 Å². The predicted octanol–water partition coefficient (Wildman–Crippen LogP) is 1.16. The average Bonchev–Trinajstić information content (AvgIpc) is 2.55. The van der Waals surface area contributed by atoms with E-state index in [1.807, 2.05) is 12.3 Å². The van der Waals surface area contributed by atoms with Crippen molar-refractivity contribution in [3.05, 3.63) is 16.6 Å². The van der Waals surface area contributed by atoms with E-state index < -0.39 is 0 Å². The summed E-state index contributed by atoms with van der Waals surface area (Å²) < 4.78 is 0. The highest BCUT2D eigenvalue weighted by atomic mass is 32.1.